The average molecular weight is 285 g/mol. The summed E-state index contributed by atoms with van der Waals surface area (Å²) in [7, 11) is 4.09. The van der Waals surface area contributed by atoms with Crippen LogP contribution in [0.5, 0.6) is 0 Å². The van der Waals surface area contributed by atoms with Crippen molar-refractivity contribution < 1.29 is 4.79 Å². The van der Waals surface area contributed by atoms with E-state index in [-0.39, 0.29) is 5.91 Å². The first-order valence-corrected chi connectivity index (χ1v) is 7.64. The van der Waals surface area contributed by atoms with Crippen LogP contribution in [-0.2, 0) is 11.2 Å². The predicted octanol–water partition coefficient (Wildman–Crippen LogP) is 2.26. The van der Waals surface area contributed by atoms with E-state index < -0.39 is 0 Å². The maximum Gasteiger partial charge on any atom is 0.226 e. The smallest absolute Gasteiger partial charge is 0.226 e. The number of hydrogen-bond acceptors (Lipinski definition) is 2. The van der Waals surface area contributed by atoms with E-state index in [0.29, 0.717) is 12.5 Å². The van der Waals surface area contributed by atoms with Gasteiger partial charge in [-0.25, -0.2) is 0 Å². The number of nitrogens with one attached hydrogen (secondary N) is 1. The van der Waals surface area contributed by atoms with Gasteiger partial charge in [-0.2, -0.15) is 0 Å². The van der Waals surface area contributed by atoms with Gasteiger partial charge in [0, 0.05) is 24.8 Å². The zero-order valence-electron chi connectivity index (χ0n) is 12.8. The Kier molecular flexibility index (Phi) is 3.97. The van der Waals surface area contributed by atoms with Crippen molar-refractivity contribution in [3.05, 3.63) is 36.0 Å². The van der Waals surface area contributed by atoms with Gasteiger partial charge in [0.05, 0.1) is 6.42 Å². The van der Waals surface area contributed by atoms with Gasteiger partial charge in [0.2, 0.25) is 5.91 Å². The number of rotatable bonds is 3. The van der Waals surface area contributed by atoms with Crippen LogP contribution in [0.4, 0.5) is 0 Å². The van der Waals surface area contributed by atoms with Gasteiger partial charge in [-0.1, -0.05) is 6.07 Å². The van der Waals surface area contributed by atoms with Gasteiger partial charge in [-0.05, 0) is 62.1 Å². The molecule has 0 bridgehead atoms. The summed E-state index contributed by atoms with van der Waals surface area (Å²) in [4.78, 5) is 19.9. The highest BCUT2D eigenvalue weighted by Crippen LogP contribution is 2.18. The number of likely N-dealkylation sites (tertiary alicyclic amines) is 1. The molecule has 1 aromatic heterocycles. The van der Waals surface area contributed by atoms with E-state index >= 15 is 0 Å². The topological polar surface area (TPSA) is 39.3 Å². The lowest BCUT2D eigenvalue weighted by atomic mass is 10.0. The van der Waals surface area contributed by atoms with E-state index in [1.807, 2.05) is 36.3 Å². The van der Waals surface area contributed by atoms with Crippen LogP contribution in [0.25, 0.3) is 10.9 Å². The summed E-state index contributed by atoms with van der Waals surface area (Å²) in [5.41, 5.74) is 2.21. The van der Waals surface area contributed by atoms with Crippen molar-refractivity contribution in [3.8, 4) is 0 Å². The molecule has 0 atom stereocenters. The number of likely N-dealkylation sites (N-methyl/N-ethyl adjacent to an activating group) is 1. The van der Waals surface area contributed by atoms with Crippen LogP contribution in [0.1, 0.15) is 18.4 Å². The van der Waals surface area contributed by atoms with E-state index in [2.05, 4.69) is 23.0 Å². The summed E-state index contributed by atoms with van der Waals surface area (Å²) in [5.74, 6) is 0.222. The zero-order chi connectivity index (χ0) is 14.8. The molecule has 3 rings (SSSR count). The first-order valence-electron chi connectivity index (χ1n) is 7.64. The molecule has 1 amide bonds. The molecule has 0 radical (unpaired) electrons. The lowest BCUT2D eigenvalue weighted by molar-refractivity contribution is -0.132. The van der Waals surface area contributed by atoms with Gasteiger partial charge in [0.15, 0.2) is 0 Å². The third-order valence-corrected chi connectivity index (χ3v) is 4.60. The van der Waals surface area contributed by atoms with Crippen LogP contribution >= 0.6 is 0 Å². The molecule has 1 aliphatic heterocycles. The molecule has 112 valence electrons. The number of aromatic nitrogens is 1. The lowest BCUT2D eigenvalue weighted by Crippen LogP contribution is -2.44. The Morgan fingerprint density at radius 1 is 1.33 bits per heavy atom. The molecular weight excluding hydrogens is 262 g/mol. The minimum absolute atomic E-state index is 0.222. The standard InChI is InChI=1S/C17H23N3O/c1-19-9-6-15(7-10-19)20(2)17(21)12-13-3-4-16-14(11-13)5-8-18-16/h3-5,8,11,15,18H,6-7,9-10,12H2,1-2H3. The Labute approximate surface area is 125 Å². The summed E-state index contributed by atoms with van der Waals surface area (Å²) in [6, 6.07) is 8.63. The van der Waals surface area contributed by atoms with E-state index in [1.165, 1.54) is 5.39 Å². The maximum absolute atomic E-state index is 12.5. The monoisotopic (exact) mass is 285 g/mol. The number of nitrogens with zero attached hydrogens (tertiary/aromatic N) is 2. The van der Waals surface area contributed by atoms with Gasteiger partial charge in [-0.3, -0.25) is 4.79 Å². The van der Waals surface area contributed by atoms with Crippen LogP contribution in [0, 0.1) is 0 Å². The van der Waals surface area contributed by atoms with E-state index in [1.54, 1.807) is 0 Å². The highest BCUT2D eigenvalue weighted by Gasteiger charge is 2.23. The molecule has 0 aliphatic carbocycles. The van der Waals surface area contributed by atoms with Crippen LogP contribution in [0.3, 0.4) is 0 Å². The van der Waals surface area contributed by atoms with Gasteiger partial charge < -0.3 is 14.8 Å². The number of benzene rings is 1. The summed E-state index contributed by atoms with van der Waals surface area (Å²) < 4.78 is 0. The number of hydrogen-bond donors (Lipinski definition) is 1. The van der Waals surface area contributed by atoms with E-state index in [0.717, 1.165) is 37.0 Å². The van der Waals surface area contributed by atoms with E-state index in [9.17, 15) is 4.79 Å². The molecule has 1 N–H and O–H groups in total. The highest BCUT2D eigenvalue weighted by atomic mass is 16.2. The van der Waals surface area contributed by atoms with Crippen molar-refractivity contribution in [3.63, 3.8) is 0 Å². The quantitative estimate of drug-likeness (QED) is 0.939. The van der Waals surface area contributed by atoms with Gasteiger partial charge in [-0.15, -0.1) is 0 Å². The SMILES string of the molecule is CN1CCC(N(C)C(=O)Cc2ccc3[nH]ccc3c2)CC1. The van der Waals surface area contributed by atoms with Crippen LogP contribution in [0.2, 0.25) is 0 Å². The molecule has 0 unspecified atom stereocenters. The largest absolute Gasteiger partial charge is 0.361 e. The van der Waals surface area contributed by atoms with Crippen molar-refractivity contribution >= 4 is 16.8 Å². The number of fused-ring (bicyclic) bond motifs is 1. The van der Waals surface area contributed by atoms with Crippen LogP contribution in [-0.4, -0.2) is 53.9 Å². The minimum Gasteiger partial charge on any atom is -0.361 e. The Balaban J connectivity index is 1.64. The molecule has 4 nitrogen and oxygen atoms in total. The van der Waals surface area contributed by atoms with Crippen molar-refractivity contribution in [2.75, 3.05) is 27.2 Å². The summed E-state index contributed by atoms with van der Waals surface area (Å²) in [5, 5.41) is 1.17. The Hall–Kier alpha value is -1.81. The summed E-state index contributed by atoms with van der Waals surface area (Å²) in [6.45, 7) is 2.16. The van der Waals surface area contributed by atoms with Gasteiger partial charge >= 0.3 is 0 Å². The normalized spacial score (nSPS) is 17.2. The molecule has 21 heavy (non-hydrogen) atoms. The Morgan fingerprint density at radius 3 is 2.86 bits per heavy atom. The van der Waals surface area contributed by atoms with Crippen LogP contribution < -0.4 is 0 Å². The summed E-state index contributed by atoms with van der Waals surface area (Å²) in [6.07, 6.45) is 4.58. The molecule has 1 aromatic carbocycles. The maximum atomic E-state index is 12.5. The number of amides is 1. The fourth-order valence-electron chi connectivity index (χ4n) is 3.10. The number of carbonyl (C=O) groups excluding carboxylic acids is 1. The van der Waals surface area contributed by atoms with Crippen molar-refractivity contribution in [2.45, 2.75) is 25.3 Å². The third-order valence-electron chi connectivity index (χ3n) is 4.60. The van der Waals surface area contributed by atoms with Crippen molar-refractivity contribution in [2.24, 2.45) is 0 Å². The second kappa shape index (κ2) is 5.90. The average Bonchev–Trinajstić information content (AvgIpc) is 2.95. The molecule has 1 saturated heterocycles. The van der Waals surface area contributed by atoms with E-state index in [4.69, 9.17) is 0 Å². The fourth-order valence-corrected chi connectivity index (χ4v) is 3.10. The fraction of sp³-hybridized carbons (Fsp3) is 0.471. The molecule has 4 heteroatoms. The van der Waals surface area contributed by atoms with Gasteiger partial charge in [0.25, 0.3) is 0 Å². The Bertz CT molecular complexity index is 626. The first kappa shape index (κ1) is 14.1. The number of piperidine rings is 1. The Morgan fingerprint density at radius 2 is 2.10 bits per heavy atom. The minimum atomic E-state index is 0.222. The highest BCUT2D eigenvalue weighted by molar-refractivity contribution is 5.83. The molecule has 2 heterocycles. The third kappa shape index (κ3) is 3.10. The molecular formula is C17H23N3O. The first-order chi connectivity index (χ1) is 10.1. The predicted molar refractivity (Wildman–Crippen MR) is 85.3 cm³/mol. The summed E-state index contributed by atoms with van der Waals surface area (Å²) >= 11 is 0. The zero-order valence-corrected chi connectivity index (χ0v) is 12.8. The van der Waals surface area contributed by atoms with Gasteiger partial charge in [0.1, 0.15) is 0 Å². The number of aromatic amines is 1. The number of H-pyrrole nitrogens is 1. The van der Waals surface area contributed by atoms with Crippen molar-refractivity contribution in [1.82, 2.24) is 14.8 Å². The molecule has 0 saturated carbocycles. The second-order valence-corrected chi connectivity index (χ2v) is 6.12. The molecule has 1 fully saturated rings. The molecule has 2 aromatic rings. The lowest BCUT2D eigenvalue weighted by Gasteiger charge is -2.35. The van der Waals surface area contributed by atoms with Crippen molar-refractivity contribution in [1.29, 1.82) is 0 Å². The molecule has 1 aliphatic rings. The van der Waals surface area contributed by atoms with Crippen LogP contribution in [0.15, 0.2) is 30.5 Å². The second-order valence-electron chi connectivity index (χ2n) is 6.12. The number of carbonyl (C=O) groups is 1. The molecule has 0 spiro atoms.